The van der Waals surface area contributed by atoms with Crippen LogP contribution in [0.15, 0.2) is 64.5 Å². The number of aryl methyl sites for hydroxylation is 2. The number of benzene rings is 2. The van der Waals surface area contributed by atoms with E-state index in [0.717, 1.165) is 34.1 Å². The highest BCUT2D eigenvalue weighted by Crippen LogP contribution is 2.18. The Morgan fingerprint density at radius 2 is 1.81 bits per heavy atom. The Balaban J connectivity index is 1.55. The van der Waals surface area contributed by atoms with Gasteiger partial charge < -0.3 is 15.6 Å². The number of carbonyl (C=O) groups is 2. The molecule has 2 aromatic carbocycles. The molecule has 0 spiro atoms. The van der Waals surface area contributed by atoms with Crippen LogP contribution in [0.5, 0.6) is 0 Å². The molecule has 0 radical (unpaired) electrons. The summed E-state index contributed by atoms with van der Waals surface area (Å²) in [6, 6.07) is 16.7. The Labute approximate surface area is 184 Å². The summed E-state index contributed by atoms with van der Waals surface area (Å²) in [6.45, 7) is 4.29. The lowest BCUT2D eigenvalue weighted by Crippen LogP contribution is -2.26. The number of aromatic amines is 1. The number of H-pyrrole nitrogens is 1. The molecule has 31 heavy (non-hydrogen) atoms. The van der Waals surface area contributed by atoms with E-state index >= 15 is 0 Å². The zero-order chi connectivity index (χ0) is 22.2. The lowest BCUT2D eigenvalue weighted by atomic mass is 10.1. The fraction of sp³-hybridized carbons (Fsp3) is 0.217. The number of hydrogen-bond donors (Lipinski definition) is 3. The van der Waals surface area contributed by atoms with Crippen molar-refractivity contribution in [2.45, 2.75) is 32.0 Å². The summed E-state index contributed by atoms with van der Waals surface area (Å²) >= 11 is 1.11. The molecule has 0 bridgehead atoms. The van der Waals surface area contributed by atoms with Crippen molar-refractivity contribution >= 4 is 29.3 Å². The van der Waals surface area contributed by atoms with Crippen LogP contribution >= 0.6 is 11.8 Å². The highest BCUT2D eigenvalue weighted by atomic mass is 32.2. The van der Waals surface area contributed by atoms with Crippen LogP contribution in [-0.4, -0.2) is 27.5 Å². The van der Waals surface area contributed by atoms with E-state index in [-0.39, 0.29) is 29.5 Å². The number of thioether (sulfide) groups is 1. The average molecular weight is 437 g/mol. The predicted molar refractivity (Wildman–Crippen MR) is 122 cm³/mol. The number of hydrogen-bond acceptors (Lipinski definition) is 5. The Morgan fingerprint density at radius 3 is 2.58 bits per heavy atom. The Hall–Kier alpha value is -3.39. The molecule has 0 saturated carbocycles. The molecular weight excluding hydrogens is 412 g/mol. The number of amides is 2. The highest BCUT2D eigenvalue weighted by molar-refractivity contribution is 7.99. The fourth-order valence-electron chi connectivity index (χ4n) is 2.86. The van der Waals surface area contributed by atoms with Crippen molar-refractivity contribution in [1.29, 1.82) is 0 Å². The van der Waals surface area contributed by atoms with E-state index in [1.54, 1.807) is 0 Å². The molecular formula is C23H24N4O3S. The van der Waals surface area contributed by atoms with Crippen LogP contribution in [0, 0.1) is 13.8 Å². The summed E-state index contributed by atoms with van der Waals surface area (Å²) in [5.74, 6) is -0.349. The van der Waals surface area contributed by atoms with E-state index in [2.05, 4.69) is 20.6 Å². The second kappa shape index (κ2) is 10.6. The zero-order valence-corrected chi connectivity index (χ0v) is 18.2. The third-order valence-electron chi connectivity index (χ3n) is 4.45. The van der Waals surface area contributed by atoms with Crippen LogP contribution in [0.3, 0.4) is 0 Å². The molecule has 160 valence electrons. The average Bonchev–Trinajstić information content (AvgIpc) is 2.74. The van der Waals surface area contributed by atoms with Crippen molar-refractivity contribution in [3.8, 4) is 0 Å². The fourth-order valence-corrected chi connectivity index (χ4v) is 3.55. The van der Waals surface area contributed by atoms with Crippen molar-refractivity contribution in [1.82, 2.24) is 15.3 Å². The van der Waals surface area contributed by atoms with E-state index in [1.807, 2.05) is 62.4 Å². The summed E-state index contributed by atoms with van der Waals surface area (Å²) < 4.78 is 0. The quantitative estimate of drug-likeness (QED) is 0.372. The second-order valence-corrected chi connectivity index (χ2v) is 8.10. The first-order valence-electron chi connectivity index (χ1n) is 9.80. The van der Waals surface area contributed by atoms with Gasteiger partial charge in [0.1, 0.15) is 0 Å². The minimum atomic E-state index is -0.363. The molecule has 2 amide bonds. The number of anilines is 1. The van der Waals surface area contributed by atoms with Gasteiger partial charge in [0.05, 0.1) is 17.9 Å². The monoisotopic (exact) mass is 436 g/mol. The number of nitrogens with zero attached hydrogens (tertiary/aromatic N) is 1. The summed E-state index contributed by atoms with van der Waals surface area (Å²) in [7, 11) is 0. The van der Waals surface area contributed by atoms with Crippen molar-refractivity contribution < 1.29 is 9.59 Å². The molecule has 7 nitrogen and oxygen atoms in total. The van der Waals surface area contributed by atoms with Crippen LogP contribution in [0.4, 0.5) is 5.69 Å². The van der Waals surface area contributed by atoms with E-state index in [0.29, 0.717) is 17.4 Å². The number of aromatic nitrogens is 2. The maximum Gasteiger partial charge on any atom is 0.251 e. The van der Waals surface area contributed by atoms with Gasteiger partial charge in [0.15, 0.2) is 5.16 Å². The first-order valence-corrected chi connectivity index (χ1v) is 10.8. The van der Waals surface area contributed by atoms with Crippen molar-refractivity contribution in [3.63, 3.8) is 0 Å². The van der Waals surface area contributed by atoms with Gasteiger partial charge in [0.2, 0.25) is 11.8 Å². The van der Waals surface area contributed by atoms with E-state index < -0.39 is 0 Å². The molecule has 0 atom stereocenters. The van der Waals surface area contributed by atoms with Gasteiger partial charge in [-0.3, -0.25) is 14.4 Å². The van der Waals surface area contributed by atoms with Crippen LogP contribution in [-0.2, 0) is 22.6 Å². The van der Waals surface area contributed by atoms with Crippen LogP contribution < -0.4 is 16.2 Å². The Kier molecular flexibility index (Phi) is 7.61. The van der Waals surface area contributed by atoms with Crippen LogP contribution in [0.25, 0.3) is 0 Å². The number of carbonyl (C=O) groups excluding carboxylic acids is 2. The van der Waals surface area contributed by atoms with Crippen LogP contribution in [0.1, 0.15) is 22.4 Å². The van der Waals surface area contributed by atoms with Gasteiger partial charge in [-0.15, -0.1) is 0 Å². The van der Waals surface area contributed by atoms with E-state index in [4.69, 9.17) is 0 Å². The predicted octanol–water partition coefficient (Wildman–Crippen LogP) is 2.98. The number of nitrogens with one attached hydrogen (secondary N) is 3. The minimum Gasteiger partial charge on any atom is -0.352 e. The SMILES string of the molecule is Cc1ccc(C)c(NC(=O)CSc2nc(CC(=O)NCc3ccccc3)cc(=O)[nH]2)c1. The smallest absolute Gasteiger partial charge is 0.251 e. The molecule has 0 aliphatic heterocycles. The van der Waals surface area contributed by atoms with Gasteiger partial charge in [0.25, 0.3) is 5.56 Å². The first kappa shape index (κ1) is 22.3. The lowest BCUT2D eigenvalue weighted by Gasteiger charge is -2.09. The normalized spacial score (nSPS) is 10.5. The standard InChI is InChI=1S/C23H24N4O3S/c1-15-8-9-16(2)19(10-15)26-22(30)14-31-23-25-18(12-21(29)27-23)11-20(28)24-13-17-6-4-3-5-7-17/h3-10,12H,11,13-14H2,1-2H3,(H,24,28)(H,26,30)(H,25,27,29). The summed E-state index contributed by atoms with van der Waals surface area (Å²) in [5, 5.41) is 5.98. The topological polar surface area (TPSA) is 104 Å². The van der Waals surface area contributed by atoms with Gasteiger partial charge >= 0.3 is 0 Å². The lowest BCUT2D eigenvalue weighted by molar-refractivity contribution is -0.120. The summed E-state index contributed by atoms with van der Waals surface area (Å²) in [4.78, 5) is 43.4. The maximum absolute atomic E-state index is 12.3. The Morgan fingerprint density at radius 1 is 1.03 bits per heavy atom. The molecule has 0 unspecified atom stereocenters. The maximum atomic E-state index is 12.3. The molecule has 0 fully saturated rings. The minimum absolute atomic E-state index is 0.0149. The van der Waals surface area contributed by atoms with Crippen molar-refractivity contribution in [3.05, 3.63) is 87.3 Å². The zero-order valence-electron chi connectivity index (χ0n) is 17.4. The third kappa shape index (κ3) is 7.11. The van der Waals surface area contributed by atoms with Gasteiger partial charge in [-0.2, -0.15) is 0 Å². The van der Waals surface area contributed by atoms with Gasteiger partial charge in [-0.25, -0.2) is 4.98 Å². The second-order valence-electron chi connectivity index (χ2n) is 7.14. The molecule has 0 aliphatic rings. The van der Waals surface area contributed by atoms with Gasteiger partial charge in [-0.05, 0) is 36.6 Å². The third-order valence-corrected chi connectivity index (χ3v) is 5.33. The van der Waals surface area contributed by atoms with Crippen molar-refractivity contribution in [2.75, 3.05) is 11.1 Å². The van der Waals surface area contributed by atoms with Crippen molar-refractivity contribution in [2.24, 2.45) is 0 Å². The Bertz CT molecular complexity index is 1130. The molecule has 3 aromatic rings. The highest BCUT2D eigenvalue weighted by Gasteiger charge is 2.11. The van der Waals surface area contributed by atoms with Gasteiger partial charge in [0, 0.05) is 18.3 Å². The first-order chi connectivity index (χ1) is 14.9. The largest absolute Gasteiger partial charge is 0.352 e. The molecule has 1 heterocycles. The molecule has 1 aromatic heterocycles. The molecule has 8 heteroatoms. The van der Waals surface area contributed by atoms with Crippen LogP contribution in [0.2, 0.25) is 0 Å². The molecule has 3 N–H and O–H groups in total. The van der Waals surface area contributed by atoms with E-state index in [1.165, 1.54) is 6.07 Å². The molecule has 0 saturated heterocycles. The van der Waals surface area contributed by atoms with E-state index in [9.17, 15) is 14.4 Å². The molecule has 3 rings (SSSR count). The summed E-state index contributed by atoms with van der Waals surface area (Å²) in [5.41, 5.74) is 3.76. The molecule has 0 aliphatic carbocycles. The number of rotatable bonds is 8. The van der Waals surface area contributed by atoms with Gasteiger partial charge in [-0.1, -0.05) is 54.2 Å². The summed E-state index contributed by atoms with van der Waals surface area (Å²) in [6.07, 6.45) is -0.0149.